The summed E-state index contributed by atoms with van der Waals surface area (Å²) in [5.74, 6) is 0.888. The molecule has 21 heavy (non-hydrogen) atoms. The van der Waals surface area contributed by atoms with E-state index in [1.165, 1.54) is 5.56 Å². The molecule has 2 N–H and O–H groups in total. The molecular weight excluding hydrogens is 262 g/mol. The molecule has 0 saturated carbocycles. The highest BCUT2D eigenvalue weighted by molar-refractivity contribution is 5.77. The van der Waals surface area contributed by atoms with E-state index in [-0.39, 0.29) is 6.04 Å². The number of fused-ring (bicyclic) bond motifs is 1. The maximum Gasteiger partial charge on any atom is 0.131 e. The zero-order valence-electron chi connectivity index (χ0n) is 12.9. The summed E-state index contributed by atoms with van der Waals surface area (Å²) in [6.45, 7) is 6.38. The third-order valence-electron chi connectivity index (χ3n) is 3.75. The van der Waals surface area contributed by atoms with Crippen LogP contribution < -0.4 is 5.73 Å². The van der Waals surface area contributed by atoms with Gasteiger partial charge < -0.3 is 10.3 Å². The lowest BCUT2D eigenvalue weighted by molar-refractivity contribution is 0.567. The van der Waals surface area contributed by atoms with Gasteiger partial charge in [-0.05, 0) is 38.5 Å². The Hall–Kier alpha value is -2.14. The van der Waals surface area contributed by atoms with Crippen LogP contribution in [0.1, 0.15) is 42.9 Å². The van der Waals surface area contributed by atoms with Crippen LogP contribution in [-0.4, -0.2) is 19.3 Å². The van der Waals surface area contributed by atoms with E-state index < -0.39 is 0 Å². The third-order valence-corrected chi connectivity index (χ3v) is 3.75. The van der Waals surface area contributed by atoms with Crippen LogP contribution in [0.5, 0.6) is 0 Å². The molecule has 5 heteroatoms. The molecule has 0 aliphatic carbocycles. The van der Waals surface area contributed by atoms with Gasteiger partial charge in [-0.1, -0.05) is 6.07 Å². The lowest BCUT2D eigenvalue weighted by Crippen LogP contribution is -2.18. The molecule has 5 nitrogen and oxygen atoms in total. The highest BCUT2D eigenvalue weighted by Crippen LogP contribution is 2.27. The molecule has 0 amide bonds. The van der Waals surface area contributed by atoms with E-state index in [9.17, 15) is 0 Å². The van der Waals surface area contributed by atoms with Gasteiger partial charge in [0, 0.05) is 24.8 Å². The number of nitrogens with two attached hydrogens (primary N) is 1. The number of hydrogen-bond donors (Lipinski definition) is 1. The Morgan fingerprint density at radius 1 is 1.24 bits per heavy atom. The number of rotatable bonds is 3. The average molecular weight is 283 g/mol. The second-order valence-corrected chi connectivity index (χ2v) is 5.85. The van der Waals surface area contributed by atoms with Crippen LogP contribution in [0.3, 0.4) is 0 Å². The zero-order chi connectivity index (χ0) is 15.1. The second kappa shape index (κ2) is 5.00. The summed E-state index contributed by atoms with van der Waals surface area (Å²) in [6.07, 6.45) is 3.75. The van der Waals surface area contributed by atoms with Crippen molar-refractivity contribution in [1.29, 1.82) is 0 Å². The molecule has 0 radical (unpaired) electrons. The second-order valence-electron chi connectivity index (χ2n) is 5.85. The Morgan fingerprint density at radius 3 is 2.62 bits per heavy atom. The average Bonchev–Trinajstić information content (AvgIpc) is 3.00. The minimum atomic E-state index is -0.270. The fraction of sp³-hybridized carbons (Fsp3) is 0.375. The van der Waals surface area contributed by atoms with E-state index in [0.717, 1.165) is 22.4 Å². The molecule has 2 aromatic heterocycles. The van der Waals surface area contributed by atoms with Gasteiger partial charge in [-0.3, -0.25) is 4.68 Å². The third kappa shape index (κ3) is 2.34. The largest absolute Gasteiger partial charge is 0.324 e. The minimum absolute atomic E-state index is 0.270. The molecule has 0 spiro atoms. The Morgan fingerprint density at radius 2 is 2.00 bits per heavy atom. The van der Waals surface area contributed by atoms with Crippen molar-refractivity contribution in [2.45, 2.75) is 32.9 Å². The Labute approximate surface area is 124 Å². The molecule has 3 aromatic rings. The van der Waals surface area contributed by atoms with E-state index in [1.807, 2.05) is 13.2 Å². The molecule has 1 atom stereocenters. The highest BCUT2D eigenvalue weighted by atomic mass is 15.2. The molecule has 110 valence electrons. The molecule has 0 saturated heterocycles. The van der Waals surface area contributed by atoms with Crippen LogP contribution >= 0.6 is 0 Å². The first-order valence-corrected chi connectivity index (χ1v) is 7.20. The summed E-state index contributed by atoms with van der Waals surface area (Å²) in [4.78, 5) is 4.78. The summed E-state index contributed by atoms with van der Waals surface area (Å²) < 4.78 is 3.98. The van der Waals surface area contributed by atoms with E-state index in [4.69, 9.17) is 10.7 Å². The number of benzene rings is 1. The van der Waals surface area contributed by atoms with E-state index in [1.54, 1.807) is 10.9 Å². The maximum atomic E-state index is 6.43. The van der Waals surface area contributed by atoms with Gasteiger partial charge in [0.2, 0.25) is 0 Å². The lowest BCUT2D eigenvalue weighted by Gasteiger charge is -2.16. The molecular formula is C16H21N5. The van der Waals surface area contributed by atoms with Gasteiger partial charge in [0.15, 0.2) is 0 Å². The SMILES string of the molecule is Cc1ccc2c(c1)nc(C(N)c1cnn(C)c1)n2C(C)C. The van der Waals surface area contributed by atoms with Crippen molar-refractivity contribution < 1.29 is 0 Å². The molecule has 0 fully saturated rings. The maximum absolute atomic E-state index is 6.43. The molecule has 0 bridgehead atoms. The van der Waals surface area contributed by atoms with Gasteiger partial charge in [0.25, 0.3) is 0 Å². The Bertz CT molecular complexity index is 781. The molecule has 0 aliphatic heterocycles. The van der Waals surface area contributed by atoms with Gasteiger partial charge in [-0.15, -0.1) is 0 Å². The van der Waals surface area contributed by atoms with Gasteiger partial charge >= 0.3 is 0 Å². The number of imidazole rings is 1. The van der Waals surface area contributed by atoms with Crippen LogP contribution in [0.15, 0.2) is 30.6 Å². The monoisotopic (exact) mass is 283 g/mol. The predicted octanol–water partition coefficient (Wildman–Crippen LogP) is 2.71. The summed E-state index contributed by atoms with van der Waals surface area (Å²) in [7, 11) is 1.89. The normalized spacial score (nSPS) is 13.2. The van der Waals surface area contributed by atoms with Gasteiger partial charge in [0.05, 0.1) is 23.3 Å². The fourth-order valence-electron chi connectivity index (χ4n) is 2.74. The smallest absolute Gasteiger partial charge is 0.131 e. The van der Waals surface area contributed by atoms with Crippen molar-refractivity contribution in [3.05, 3.63) is 47.5 Å². The van der Waals surface area contributed by atoms with Crippen LogP contribution in [0, 0.1) is 6.92 Å². The Balaban J connectivity index is 2.19. The predicted molar refractivity (Wildman–Crippen MR) is 84.1 cm³/mol. The Kier molecular flexibility index (Phi) is 3.29. The van der Waals surface area contributed by atoms with Crippen molar-refractivity contribution in [3.63, 3.8) is 0 Å². The van der Waals surface area contributed by atoms with Crippen LogP contribution in [0.4, 0.5) is 0 Å². The van der Waals surface area contributed by atoms with Gasteiger partial charge in [-0.2, -0.15) is 5.10 Å². The molecule has 1 aromatic carbocycles. The van der Waals surface area contributed by atoms with E-state index in [2.05, 4.69) is 48.6 Å². The topological polar surface area (TPSA) is 61.7 Å². The molecule has 1 unspecified atom stereocenters. The standard InChI is InChI=1S/C16H21N5/c1-10(2)21-14-6-5-11(3)7-13(14)19-16(21)15(17)12-8-18-20(4)9-12/h5-10,15H,17H2,1-4H3. The lowest BCUT2D eigenvalue weighted by atomic mass is 10.1. The number of aryl methyl sites for hydroxylation is 2. The van der Waals surface area contributed by atoms with Crippen molar-refractivity contribution in [2.24, 2.45) is 12.8 Å². The van der Waals surface area contributed by atoms with E-state index in [0.29, 0.717) is 6.04 Å². The van der Waals surface area contributed by atoms with E-state index >= 15 is 0 Å². The molecule has 0 aliphatic rings. The van der Waals surface area contributed by atoms with Crippen molar-refractivity contribution in [3.8, 4) is 0 Å². The van der Waals surface area contributed by atoms with Crippen molar-refractivity contribution in [2.75, 3.05) is 0 Å². The number of hydrogen-bond acceptors (Lipinski definition) is 3. The molecule has 2 heterocycles. The number of aromatic nitrogens is 4. The number of nitrogens with zero attached hydrogens (tertiary/aromatic N) is 4. The van der Waals surface area contributed by atoms with Crippen LogP contribution in [-0.2, 0) is 7.05 Å². The minimum Gasteiger partial charge on any atom is -0.324 e. The zero-order valence-corrected chi connectivity index (χ0v) is 12.9. The summed E-state index contributed by atoms with van der Waals surface area (Å²) in [6, 6.07) is 6.37. The summed E-state index contributed by atoms with van der Waals surface area (Å²) in [5, 5.41) is 4.21. The van der Waals surface area contributed by atoms with Crippen molar-refractivity contribution >= 4 is 11.0 Å². The highest BCUT2D eigenvalue weighted by Gasteiger charge is 2.21. The van der Waals surface area contributed by atoms with Gasteiger partial charge in [-0.25, -0.2) is 4.98 Å². The first kappa shape index (κ1) is 13.8. The first-order valence-electron chi connectivity index (χ1n) is 7.20. The summed E-state index contributed by atoms with van der Waals surface area (Å²) >= 11 is 0. The van der Waals surface area contributed by atoms with Gasteiger partial charge in [0.1, 0.15) is 5.82 Å². The first-order chi connectivity index (χ1) is 9.97. The van der Waals surface area contributed by atoms with Crippen LogP contribution in [0.25, 0.3) is 11.0 Å². The summed E-state index contributed by atoms with van der Waals surface area (Å²) in [5.41, 5.74) is 10.7. The fourth-order valence-corrected chi connectivity index (χ4v) is 2.74. The quantitative estimate of drug-likeness (QED) is 0.804. The molecule has 3 rings (SSSR count). The van der Waals surface area contributed by atoms with Crippen LogP contribution in [0.2, 0.25) is 0 Å². The van der Waals surface area contributed by atoms with Crippen molar-refractivity contribution in [1.82, 2.24) is 19.3 Å².